The summed E-state index contributed by atoms with van der Waals surface area (Å²) in [6.07, 6.45) is 8.30. The first-order valence-electron chi connectivity index (χ1n) is 10.2. The summed E-state index contributed by atoms with van der Waals surface area (Å²) in [5, 5.41) is 16.3. The van der Waals surface area contributed by atoms with Gasteiger partial charge in [0.15, 0.2) is 0 Å². The minimum atomic E-state index is 0.0408. The molecule has 4 bridgehead atoms. The highest BCUT2D eigenvalue weighted by atomic mass is 35.5. The number of carbonyl (C=O) groups is 1. The molecule has 150 valence electrons. The molecule has 0 atom stereocenters. The van der Waals surface area contributed by atoms with Gasteiger partial charge in [0.2, 0.25) is 5.91 Å². The van der Waals surface area contributed by atoms with Gasteiger partial charge in [-0.15, -0.1) is 11.3 Å². The minimum Gasteiger partial charge on any atom is -0.317 e. The lowest BCUT2D eigenvalue weighted by Crippen LogP contribution is -2.47. The summed E-state index contributed by atoms with van der Waals surface area (Å²) in [7, 11) is 0. The average Bonchev–Trinajstić information content (AvgIpc) is 3.02. The lowest BCUT2D eigenvalue weighted by molar-refractivity contribution is -0.124. The third-order valence-corrected chi connectivity index (χ3v) is 8.52. The van der Waals surface area contributed by atoms with E-state index in [1.807, 2.05) is 11.4 Å². The number of thiophene rings is 1. The molecule has 1 aromatic carbocycles. The molecule has 0 radical (unpaired) electrons. The van der Waals surface area contributed by atoms with Crippen LogP contribution in [0, 0.1) is 34.5 Å². The number of rotatable bonds is 4. The molecule has 4 aliphatic rings. The summed E-state index contributed by atoms with van der Waals surface area (Å²) in [6.45, 7) is 0. The summed E-state index contributed by atoms with van der Waals surface area (Å²) in [5.41, 5.74) is 2.15. The molecule has 1 aromatic heterocycles. The predicted octanol–water partition coefficient (Wildman–Crippen LogP) is 7.14. The van der Waals surface area contributed by atoms with E-state index in [2.05, 4.69) is 11.4 Å². The van der Waals surface area contributed by atoms with Crippen LogP contribution in [0.4, 0.5) is 5.00 Å². The fourth-order valence-corrected chi connectivity index (χ4v) is 7.92. The molecule has 0 aliphatic heterocycles. The molecule has 6 heteroatoms. The molecule has 4 saturated carbocycles. The molecule has 1 heterocycles. The highest BCUT2D eigenvalue weighted by Crippen LogP contribution is 2.61. The molecule has 0 saturated heterocycles. The molecule has 4 aliphatic carbocycles. The molecular formula is C23H22Cl2N2OS. The Morgan fingerprint density at radius 3 is 2.38 bits per heavy atom. The number of carbonyl (C=O) groups excluding carboxylic acids is 1. The number of benzene rings is 1. The molecule has 3 nitrogen and oxygen atoms in total. The van der Waals surface area contributed by atoms with Crippen molar-refractivity contribution < 1.29 is 4.79 Å². The van der Waals surface area contributed by atoms with Gasteiger partial charge in [-0.1, -0.05) is 29.3 Å². The van der Waals surface area contributed by atoms with E-state index in [1.54, 1.807) is 12.1 Å². The quantitative estimate of drug-likeness (QED) is 0.544. The van der Waals surface area contributed by atoms with E-state index in [9.17, 15) is 10.1 Å². The van der Waals surface area contributed by atoms with Gasteiger partial charge >= 0.3 is 0 Å². The maximum absolute atomic E-state index is 13.0. The molecule has 0 spiro atoms. The van der Waals surface area contributed by atoms with Crippen molar-refractivity contribution >= 4 is 45.4 Å². The van der Waals surface area contributed by atoms with Gasteiger partial charge in [0.05, 0.1) is 5.56 Å². The highest BCUT2D eigenvalue weighted by molar-refractivity contribution is 7.15. The monoisotopic (exact) mass is 444 g/mol. The first kappa shape index (κ1) is 19.4. The van der Waals surface area contributed by atoms with Gasteiger partial charge in [-0.05, 0) is 73.8 Å². The van der Waals surface area contributed by atoms with Crippen LogP contribution in [0.25, 0.3) is 11.1 Å². The zero-order chi connectivity index (χ0) is 20.2. The normalized spacial score (nSPS) is 29.6. The number of nitrogens with zero attached hydrogens (tertiary/aromatic N) is 1. The van der Waals surface area contributed by atoms with Crippen LogP contribution in [-0.4, -0.2) is 5.91 Å². The number of hydrogen-bond donors (Lipinski definition) is 1. The zero-order valence-corrected chi connectivity index (χ0v) is 18.3. The molecule has 6 rings (SSSR count). The summed E-state index contributed by atoms with van der Waals surface area (Å²) in [4.78, 5) is 13.0. The summed E-state index contributed by atoms with van der Waals surface area (Å²) in [5.74, 6) is 2.51. The van der Waals surface area contributed by atoms with Crippen molar-refractivity contribution in [2.24, 2.45) is 23.2 Å². The van der Waals surface area contributed by atoms with E-state index in [0.29, 0.717) is 27.0 Å². The van der Waals surface area contributed by atoms with Crippen molar-refractivity contribution in [1.29, 1.82) is 5.26 Å². The Labute approximate surface area is 185 Å². The predicted molar refractivity (Wildman–Crippen MR) is 118 cm³/mol. The van der Waals surface area contributed by atoms with E-state index in [0.717, 1.165) is 28.9 Å². The van der Waals surface area contributed by atoms with E-state index in [1.165, 1.54) is 49.9 Å². The topological polar surface area (TPSA) is 52.9 Å². The first-order chi connectivity index (χ1) is 13.9. The van der Waals surface area contributed by atoms with Crippen molar-refractivity contribution in [3.05, 3.63) is 39.2 Å². The fourth-order valence-electron chi connectivity index (χ4n) is 6.48. The van der Waals surface area contributed by atoms with Crippen LogP contribution in [0.15, 0.2) is 23.6 Å². The maximum Gasteiger partial charge on any atom is 0.225 e. The van der Waals surface area contributed by atoms with Crippen LogP contribution in [-0.2, 0) is 4.79 Å². The summed E-state index contributed by atoms with van der Waals surface area (Å²) >= 11 is 13.7. The van der Waals surface area contributed by atoms with Crippen molar-refractivity contribution in [2.75, 3.05) is 5.32 Å². The second-order valence-electron chi connectivity index (χ2n) is 9.23. The second kappa shape index (κ2) is 7.30. The molecule has 4 fully saturated rings. The van der Waals surface area contributed by atoms with E-state index >= 15 is 0 Å². The third kappa shape index (κ3) is 3.58. The number of nitriles is 1. The van der Waals surface area contributed by atoms with Crippen molar-refractivity contribution in [3.8, 4) is 17.2 Å². The SMILES string of the molecule is N#Cc1c(-c2ccc(Cl)cc2Cl)csc1NC(=O)CC12CC3CC(CC(C3)C1)C2. The van der Waals surface area contributed by atoms with Crippen molar-refractivity contribution in [1.82, 2.24) is 0 Å². The lowest BCUT2D eigenvalue weighted by atomic mass is 9.49. The molecule has 1 amide bonds. The standard InChI is InChI=1S/C23H22Cl2N2OS/c24-16-1-2-17(20(25)6-16)19-12-29-22(18(19)11-26)27-21(28)10-23-7-13-3-14(8-23)5-15(4-13)9-23/h1-2,6,12-15H,3-5,7-10H2,(H,27,28). The molecule has 2 aromatic rings. The second-order valence-corrected chi connectivity index (χ2v) is 11.0. The van der Waals surface area contributed by atoms with Crippen LogP contribution in [0.3, 0.4) is 0 Å². The number of amides is 1. The van der Waals surface area contributed by atoms with Crippen LogP contribution < -0.4 is 5.32 Å². The van der Waals surface area contributed by atoms with Crippen LogP contribution in [0.1, 0.15) is 50.5 Å². The van der Waals surface area contributed by atoms with Gasteiger partial charge in [0, 0.05) is 33.0 Å². The van der Waals surface area contributed by atoms with Gasteiger partial charge in [-0.3, -0.25) is 4.79 Å². The number of nitrogens with one attached hydrogen (secondary N) is 1. The Bertz CT molecular complexity index is 987. The smallest absolute Gasteiger partial charge is 0.225 e. The van der Waals surface area contributed by atoms with Crippen LogP contribution >= 0.6 is 34.5 Å². The highest BCUT2D eigenvalue weighted by Gasteiger charge is 2.51. The number of anilines is 1. The molecule has 0 unspecified atom stereocenters. The Morgan fingerprint density at radius 1 is 1.14 bits per heavy atom. The Balaban J connectivity index is 1.35. The fraction of sp³-hybridized carbons (Fsp3) is 0.478. The van der Waals surface area contributed by atoms with Gasteiger partial charge in [-0.2, -0.15) is 5.26 Å². The van der Waals surface area contributed by atoms with Crippen LogP contribution in [0.5, 0.6) is 0 Å². The van der Waals surface area contributed by atoms with E-state index in [-0.39, 0.29) is 11.3 Å². The van der Waals surface area contributed by atoms with Gasteiger partial charge in [-0.25, -0.2) is 0 Å². The van der Waals surface area contributed by atoms with Gasteiger partial charge in [0.1, 0.15) is 11.1 Å². The first-order valence-corrected chi connectivity index (χ1v) is 11.8. The Kier molecular flexibility index (Phi) is 4.89. The molecule has 29 heavy (non-hydrogen) atoms. The van der Waals surface area contributed by atoms with Gasteiger partial charge in [0.25, 0.3) is 0 Å². The summed E-state index contributed by atoms with van der Waals surface area (Å²) < 4.78 is 0. The summed E-state index contributed by atoms with van der Waals surface area (Å²) in [6, 6.07) is 7.49. The van der Waals surface area contributed by atoms with E-state index < -0.39 is 0 Å². The lowest BCUT2D eigenvalue weighted by Gasteiger charge is -2.56. The minimum absolute atomic E-state index is 0.0408. The third-order valence-electron chi connectivity index (χ3n) is 7.08. The molecule has 1 N–H and O–H groups in total. The van der Waals surface area contributed by atoms with Gasteiger partial charge < -0.3 is 5.32 Å². The molecular weight excluding hydrogens is 423 g/mol. The van der Waals surface area contributed by atoms with Crippen LogP contribution in [0.2, 0.25) is 10.0 Å². The Morgan fingerprint density at radius 2 is 1.79 bits per heavy atom. The zero-order valence-electron chi connectivity index (χ0n) is 16.0. The number of hydrogen-bond acceptors (Lipinski definition) is 3. The largest absolute Gasteiger partial charge is 0.317 e. The van der Waals surface area contributed by atoms with E-state index in [4.69, 9.17) is 23.2 Å². The van der Waals surface area contributed by atoms with Crippen molar-refractivity contribution in [3.63, 3.8) is 0 Å². The number of halogens is 2. The Hall–Kier alpha value is -1.54. The average molecular weight is 445 g/mol. The maximum atomic E-state index is 13.0. The van der Waals surface area contributed by atoms with Crippen molar-refractivity contribution in [2.45, 2.75) is 44.9 Å².